The highest BCUT2D eigenvalue weighted by atomic mass is 16.5. The lowest BCUT2D eigenvalue weighted by Gasteiger charge is -2.42. The van der Waals surface area contributed by atoms with Gasteiger partial charge in [-0.25, -0.2) is 0 Å². The normalized spacial score (nSPS) is 37.4. The van der Waals surface area contributed by atoms with Crippen LogP contribution in [-0.4, -0.2) is 18.8 Å². The standard InChI is InChI=1S/C11H23NO/c1-4-10(12)11(13-3)7-5-9(2)6-8-11/h9-10H,4-8,12H2,1-3H3/t9?,10-,11?/m0/s1. The lowest BCUT2D eigenvalue weighted by atomic mass is 9.75. The van der Waals surface area contributed by atoms with E-state index in [9.17, 15) is 0 Å². The molecule has 0 amide bonds. The van der Waals surface area contributed by atoms with Crippen molar-refractivity contribution in [3.05, 3.63) is 0 Å². The monoisotopic (exact) mass is 185 g/mol. The Morgan fingerprint density at radius 2 is 2.00 bits per heavy atom. The van der Waals surface area contributed by atoms with Gasteiger partial charge in [-0.2, -0.15) is 0 Å². The summed E-state index contributed by atoms with van der Waals surface area (Å²) in [6, 6.07) is 0.213. The van der Waals surface area contributed by atoms with Crippen molar-refractivity contribution in [3.8, 4) is 0 Å². The summed E-state index contributed by atoms with van der Waals surface area (Å²) in [6.45, 7) is 4.46. The van der Waals surface area contributed by atoms with Gasteiger partial charge >= 0.3 is 0 Å². The Bertz CT molecular complexity index is 150. The maximum absolute atomic E-state index is 6.11. The minimum absolute atomic E-state index is 0.0126. The highest BCUT2D eigenvalue weighted by Crippen LogP contribution is 2.36. The molecule has 2 heteroatoms. The molecular formula is C11H23NO. The van der Waals surface area contributed by atoms with E-state index in [0.717, 1.165) is 25.2 Å². The Kier molecular flexibility index (Phi) is 3.74. The van der Waals surface area contributed by atoms with Gasteiger partial charge in [0.25, 0.3) is 0 Å². The molecule has 1 fully saturated rings. The lowest BCUT2D eigenvalue weighted by Crippen LogP contribution is -2.51. The van der Waals surface area contributed by atoms with Gasteiger partial charge in [0.2, 0.25) is 0 Å². The highest BCUT2D eigenvalue weighted by molar-refractivity contribution is 4.93. The van der Waals surface area contributed by atoms with Crippen molar-refractivity contribution in [2.75, 3.05) is 7.11 Å². The first kappa shape index (κ1) is 11.0. The molecule has 78 valence electrons. The molecule has 0 aromatic rings. The summed E-state index contributed by atoms with van der Waals surface area (Å²) in [7, 11) is 1.81. The number of ether oxygens (including phenoxy) is 1. The van der Waals surface area contributed by atoms with Gasteiger partial charge < -0.3 is 10.5 Å². The molecule has 1 aliphatic carbocycles. The van der Waals surface area contributed by atoms with Crippen LogP contribution in [0.3, 0.4) is 0 Å². The molecule has 1 aliphatic rings. The van der Waals surface area contributed by atoms with Crippen molar-refractivity contribution < 1.29 is 4.74 Å². The van der Waals surface area contributed by atoms with Crippen molar-refractivity contribution in [2.24, 2.45) is 11.7 Å². The van der Waals surface area contributed by atoms with Crippen LogP contribution in [0.5, 0.6) is 0 Å². The third-order valence-electron chi connectivity index (χ3n) is 3.64. The third kappa shape index (κ3) is 2.23. The molecular weight excluding hydrogens is 162 g/mol. The van der Waals surface area contributed by atoms with E-state index in [1.807, 2.05) is 7.11 Å². The fourth-order valence-electron chi connectivity index (χ4n) is 2.35. The molecule has 0 saturated heterocycles. The van der Waals surface area contributed by atoms with E-state index < -0.39 is 0 Å². The molecule has 1 rings (SSSR count). The maximum atomic E-state index is 6.11. The molecule has 0 aromatic carbocycles. The van der Waals surface area contributed by atoms with Gasteiger partial charge in [-0.05, 0) is 38.0 Å². The molecule has 0 radical (unpaired) electrons. The van der Waals surface area contributed by atoms with Gasteiger partial charge in [-0.3, -0.25) is 0 Å². The van der Waals surface area contributed by atoms with Gasteiger partial charge in [0.1, 0.15) is 0 Å². The fourth-order valence-corrected chi connectivity index (χ4v) is 2.35. The Labute approximate surface area is 81.8 Å². The van der Waals surface area contributed by atoms with Crippen LogP contribution < -0.4 is 5.73 Å². The quantitative estimate of drug-likeness (QED) is 0.732. The lowest BCUT2D eigenvalue weighted by molar-refractivity contribution is -0.0667. The van der Waals surface area contributed by atoms with E-state index in [1.54, 1.807) is 0 Å². The Hall–Kier alpha value is -0.0800. The average Bonchev–Trinajstić information content (AvgIpc) is 2.18. The molecule has 2 N–H and O–H groups in total. The second-order valence-electron chi connectivity index (χ2n) is 4.47. The van der Waals surface area contributed by atoms with Gasteiger partial charge in [-0.15, -0.1) is 0 Å². The Balaban J connectivity index is 2.60. The van der Waals surface area contributed by atoms with Crippen molar-refractivity contribution in [1.29, 1.82) is 0 Å². The molecule has 0 spiro atoms. The summed E-state index contributed by atoms with van der Waals surface area (Å²) >= 11 is 0. The van der Waals surface area contributed by atoms with Gasteiger partial charge in [0.05, 0.1) is 5.60 Å². The number of rotatable bonds is 3. The Morgan fingerprint density at radius 1 is 1.46 bits per heavy atom. The summed E-state index contributed by atoms with van der Waals surface area (Å²) in [5.74, 6) is 0.854. The summed E-state index contributed by atoms with van der Waals surface area (Å²) < 4.78 is 5.65. The molecule has 13 heavy (non-hydrogen) atoms. The van der Waals surface area contributed by atoms with Crippen molar-refractivity contribution in [3.63, 3.8) is 0 Å². The molecule has 0 heterocycles. The zero-order valence-corrected chi connectivity index (χ0v) is 9.18. The largest absolute Gasteiger partial charge is 0.377 e. The van der Waals surface area contributed by atoms with E-state index in [1.165, 1.54) is 12.8 Å². The topological polar surface area (TPSA) is 35.2 Å². The predicted molar refractivity (Wildman–Crippen MR) is 55.6 cm³/mol. The molecule has 1 atom stereocenters. The minimum Gasteiger partial charge on any atom is -0.377 e. The fraction of sp³-hybridized carbons (Fsp3) is 1.00. The summed E-state index contributed by atoms with van der Waals surface area (Å²) in [6.07, 6.45) is 5.82. The van der Waals surface area contributed by atoms with Crippen LogP contribution in [0.2, 0.25) is 0 Å². The SMILES string of the molecule is CC[C@H](N)C1(OC)CCC(C)CC1. The highest BCUT2D eigenvalue weighted by Gasteiger charge is 2.38. The molecule has 1 saturated carbocycles. The number of hydrogen-bond donors (Lipinski definition) is 1. The first-order valence-corrected chi connectivity index (χ1v) is 5.45. The van der Waals surface area contributed by atoms with Crippen LogP contribution in [0.15, 0.2) is 0 Å². The van der Waals surface area contributed by atoms with Gasteiger partial charge in [0, 0.05) is 13.2 Å². The van der Waals surface area contributed by atoms with Crippen LogP contribution in [0.1, 0.15) is 46.0 Å². The van der Waals surface area contributed by atoms with Gasteiger partial charge in [-0.1, -0.05) is 13.8 Å². The van der Waals surface area contributed by atoms with E-state index in [0.29, 0.717) is 0 Å². The smallest absolute Gasteiger partial charge is 0.0828 e. The average molecular weight is 185 g/mol. The molecule has 0 aliphatic heterocycles. The van der Waals surface area contributed by atoms with E-state index in [4.69, 9.17) is 10.5 Å². The van der Waals surface area contributed by atoms with Gasteiger partial charge in [0.15, 0.2) is 0 Å². The van der Waals surface area contributed by atoms with Crippen molar-refractivity contribution in [1.82, 2.24) is 0 Å². The van der Waals surface area contributed by atoms with E-state index in [2.05, 4.69) is 13.8 Å². The molecule has 0 aromatic heterocycles. The minimum atomic E-state index is -0.0126. The van der Waals surface area contributed by atoms with Crippen LogP contribution >= 0.6 is 0 Å². The van der Waals surface area contributed by atoms with Crippen LogP contribution in [-0.2, 0) is 4.74 Å². The molecule has 0 bridgehead atoms. The summed E-state index contributed by atoms with van der Waals surface area (Å²) in [4.78, 5) is 0. The number of hydrogen-bond acceptors (Lipinski definition) is 2. The zero-order valence-electron chi connectivity index (χ0n) is 9.18. The predicted octanol–water partition coefficient (Wildman–Crippen LogP) is 2.32. The Morgan fingerprint density at radius 3 is 2.38 bits per heavy atom. The van der Waals surface area contributed by atoms with E-state index in [-0.39, 0.29) is 11.6 Å². The maximum Gasteiger partial charge on any atom is 0.0828 e. The summed E-state index contributed by atoms with van der Waals surface area (Å²) in [5.41, 5.74) is 6.10. The molecule has 2 nitrogen and oxygen atoms in total. The van der Waals surface area contributed by atoms with Crippen molar-refractivity contribution in [2.45, 2.75) is 57.6 Å². The second kappa shape index (κ2) is 4.43. The number of nitrogens with two attached hydrogens (primary N) is 1. The van der Waals surface area contributed by atoms with Crippen molar-refractivity contribution >= 4 is 0 Å². The summed E-state index contributed by atoms with van der Waals surface area (Å²) in [5, 5.41) is 0. The first-order chi connectivity index (χ1) is 6.14. The third-order valence-corrected chi connectivity index (χ3v) is 3.64. The second-order valence-corrected chi connectivity index (χ2v) is 4.47. The van der Waals surface area contributed by atoms with Crippen LogP contribution in [0, 0.1) is 5.92 Å². The zero-order chi connectivity index (χ0) is 9.90. The van der Waals surface area contributed by atoms with Crippen LogP contribution in [0.4, 0.5) is 0 Å². The van der Waals surface area contributed by atoms with Crippen LogP contribution in [0.25, 0.3) is 0 Å². The number of methoxy groups -OCH3 is 1. The first-order valence-electron chi connectivity index (χ1n) is 5.45. The molecule has 0 unspecified atom stereocenters. The van der Waals surface area contributed by atoms with E-state index >= 15 is 0 Å².